The maximum absolute atomic E-state index is 3.77. The van der Waals surface area contributed by atoms with E-state index in [0.717, 1.165) is 12.6 Å². The third-order valence-electron chi connectivity index (χ3n) is 5.23. The van der Waals surface area contributed by atoms with Gasteiger partial charge in [-0.1, -0.05) is 38.1 Å². The topological polar surface area (TPSA) is 15.3 Å². The minimum atomic E-state index is 0.525. The van der Waals surface area contributed by atoms with E-state index in [2.05, 4.69) is 48.3 Å². The van der Waals surface area contributed by atoms with Crippen LogP contribution in [0.15, 0.2) is 24.3 Å². The van der Waals surface area contributed by atoms with Crippen molar-refractivity contribution in [3.8, 4) is 0 Å². The molecule has 3 rings (SSSR count). The van der Waals surface area contributed by atoms with Crippen LogP contribution >= 0.6 is 0 Å². The molecule has 110 valence electrons. The Balaban J connectivity index is 1.88. The first-order valence-electron chi connectivity index (χ1n) is 8.42. The SMILES string of the molecule is CCNC1c2ccccc2CCC1N1CCCC1CC. The third kappa shape index (κ3) is 2.51. The molecule has 0 spiro atoms. The van der Waals surface area contributed by atoms with Gasteiger partial charge in [0.2, 0.25) is 0 Å². The lowest BCUT2D eigenvalue weighted by Crippen LogP contribution is -2.49. The van der Waals surface area contributed by atoms with Crippen molar-refractivity contribution in [3.05, 3.63) is 35.4 Å². The highest BCUT2D eigenvalue weighted by molar-refractivity contribution is 5.34. The summed E-state index contributed by atoms with van der Waals surface area (Å²) in [5.74, 6) is 0. The molecule has 3 atom stereocenters. The molecule has 1 saturated heterocycles. The van der Waals surface area contributed by atoms with Gasteiger partial charge < -0.3 is 5.32 Å². The van der Waals surface area contributed by atoms with Crippen LogP contribution in [0.2, 0.25) is 0 Å². The summed E-state index contributed by atoms with van der Waals surface area (Å²) in [6, 6.07) is 11.1. The number of nitrogens with zero attached hydrogens (tertiary/aromatic N) is 1. The molecule has 2 nitrogen and oxygen atoms in total. The summed E-state index contributed by atoms with van der Waals surface area (Å²) >= 11 is 0. The Bertz CT molecular complexity index is 443. The molecule has 1 aliphatic carbocycles. The molecule has 1 aromatic rings. The fraction of sp³-hybridized carbons (Fsp3) is 0.667. The summed E-state index contributed by atoms with van der Waals surface area (Å²) in [6.45, 7) is 6.94. The number of hydrogen-bond donors (Lipinski definition) is 1. The predicted molar refractivity (Wildman–Crippen MR) is 85.0 cm³/mol. The number of likely N-dealkylation sites (N-methyl/N-ethyl adjacent to an activating group) is 1. The Hall–Kier alpha value is -0.860. The largest absolute Gasteiger partial charge is 0.309 e. The lowest BCUT2D eigenvalue weighted by atomic mass is 9.83. The average Bonchev–Trinajstić information content (AvgIpc) is 2.96. The molecule has 1 N–H and O–H groups in total. The van der Waals surface area contributed by atoms with Crippen LogP contribution < -0.4 is 5.32 Å². The Labute approximate surface area is 123 Å². The van der Waals surface area contributed by atoms with Gasteiger partial charge in [-0.3, -0.25) is 4.90 Å². The maximum Gasteiger partial charge on any atom is 0.0481 e. The second-order valence-corrected chi connectivity index (χ2v) is 6.28. The number of benzene rings is 1. The second-order valence-electron chi connectivity index (χ2n) is 6.28. The van der Waals surface area contributed by atoms with Gasteiger partial charge in [-0.05, 0) is 56.3 Å². The fourth-order valence-electron chi connectivity index (χ4n) is 4.30. The van der Waals surface area contributed by atoms with Gasteiger partial charge in [0.25, 0.3) is 0 Å². The molecule has 0 radical (unpaired) electrons. The molecule has 2 heteroatoms. The molecule has 2 aliphatic rings. The minimum absolute atomic E-state index is 0.525. The van der Waals surface area contributed by atoms with E-state index in [-0.39, 0.29) is 0 Å². The van der Waals surface area contributed by atoms with E-state index in [4.69, 9.17) is 0 Å². The van der Waals surface area contributed by atoms with Gasteiger partial charge in [-0.25, -0.2) is 0 Å². The van der Waals surface area contributed by atoms with Crippen LogP contribution in [0.4, 0.5) is 0 Å². The van der Waals surface area contributed by atoms with E-state index in [1.807, 2.05) is 0 Å². The van der Waals surface area contributed by atoms with E-state index in [1.54, 1.807) is 11.1 Å². The smallest absolute Gasteiger partial charge is 0.0481 e. The highest BCUT2D eigenvalue weighted by Gasteiger charge is 2.37. The van der Waals surface area contributed by atoms with Gasteiger partial charge in [-0.2, -0.15) is 0 Å². The van der Waals surface area contributed by atoms with Gasteiger partial charge in [0.15, 0.2) is 0 Å². The summed E-state index contributed by atoms with van der Waals surface area (Å²) < 4.78 is 0. The molecule has 0 aromatic heterocycles. The van der Waals surface area contributed by atoms with Crippen LogP contribution in [-0.4, -0.2) is 30.1 Å². The Morgan fingerprint density at radius 1 is 1.20 bits per heavy atom. The number of hydrogen-bond acceptors (Lipinski definition) is 2. The van der Waals surface area contributed by atoms with Crippen molar-refractivity contribution in [3.63, 3.8) is 0 Å². The Kier molecular flexibility index (Phi) is 4.42. The van der Waals surface area contributed by atoms with Crippen molar-refractivity contribution in [2.75, 3.05) is 13.1 Å². The molecule has 20 heavy (non-hydrogen) atoms. The molecule has 1 aliphatic heterocycles. The zero-order valence-corrected chi connectivity index (χ0v) is 12.9. The van der Waals surface area contributed by atoms with Crippen molar-refractivity contribution in [2.45, 2.75) is 64.1 Å². The number of rotatable bonds is 4. The summed E-state index contributed by atoms with van der Waals surface area (Å²) in [5.41, 5.74) is 3.11. The molecular formula is C18H28N2. The first kappa shape index (κ1) is 14.1. The number of nitrogens with one attached hydrogen (secondary N) is 1. The van der Waals surface area contributed by atoms with Crippen molar-refractivity contribution in [1.29, 1.82) is 0 Å². The molecule has 1 aromatic carbocycles. The second kappa shape index (κ2) is 6.28. The molecule has 0 amide bonds. The van der Waals surface area contributed by atoms with Crippen molar-refractivity contribution >= 4 is 0 Å². The van der Waals surface area contributed by atoms with Gasteiger partial charge in [0, 0.05) is 18.1 Å². The van der Waals surface area contributed by atoms with E-state index in [0.29, 0.717) is 12.1 Å². The van der Waals surface area contributed by atoms with E-state index < -0.39 is 0 Å². The maximum atomic E-state index is 3.77. The zero-order valence-electron chi connectivity index (χ0n) is 12.9. The molecule has 1 fully saturated rings. The Morgan fingerprint density at radius 3 is 2.85 bits per heavy atom. The zero-order chi connectivity index (χ0) is 13.9. The van der Waals surface area contributed by atoms with Crippen LogP contribution in [0.3, 0.4) is 0 Å². The highest BCUT2D eigenvalue weighted by Crippen LogP contribution is 2.36. The van der Waals surface area contributed by atoms with Crippen LogP contribution in [0, 0.1) is 0 Å². The molecule has 0 saturated carbocycles. The summed E-state index contributed by atoms with van der Waals surface area (Å²) in [7, 11) is 0. The Morgan fingerprint density at radius 2 is 2.05 bits per heavy atom. The van der Waals surface area contributed by atoms with Crippen LogP contribution in [0.5, 0.6) is 0 Å². The van der Waals surface area contributed by atoms with Crippen LogP contribution in [0.25, 0.3) is 0 Å². The van der Waals surface area contributed by atoms with Crippen LogP contribution in [0.1, 0.15) is 56.7 Å². The summed E-state index contributed by atoms with van der Waals surface area (Å²) in [4.78, 5) is 2.81. The fourth-order valence-corrected chi connectivity index (χ4v) is 4.30. The summed E-state index contributed by atoms with van der Waals surface area (Å²) in [5, 5.41) is 3.77. The standard InChI is InChI=1S/C18H28N2/c1-3-15-9-7-13-20(15)17-12-11-14-8-5-6-10-16(14)18(17)19-4-2/h5-6,8,10,15,17-19H,3-4,7,9,11-13H2,1-2H3. The molecular weight excluding hydrogens is 244 g/mol. The third-order valence-corrected chi connectivity index (χ3v) is 5.23. The first-order chi connectivity index (χ1) is 9.85. The highest BCUT2D eigenvalue weighted by atomic mass is 15.2. The average molecular weight is 272 g/mol. The lowest BCUT2D eigenvalue weighted by molar-refractivity contribution is 0.125. The molecule has 0 bridgehead atoms. The first-order valence-corrected chi connectivity index (χ1v) is 8.42. The van der Waals surface area contributed by atoms with Crippen molar-refractivity contribution in [1.82, 2.24) is 10.2 Å². The van der Waals surface area contributed by atoms with Gasteiger partial charge in [-0.15, -0.1) is 0 Å². The van der Waals surface area contributed by atoms with Gasteiger partial charge in [0.1, 0.15) is 0 Å². The van der Waals surface area contributed by atoms with E-state index >= 15 is 0 Å². The monoisotopic (exact) mass is 272 g/mol. The van der Waals surface area contributed by atoms with E-state index in [1.165, 1.54) is 38.6 Å². The van der Waals surface area contributed by atoms with Gasteiger partial charge in [0.05, 0.1) is 0 Å². The lowest BCUT2D eigenvalue weighted by Gasteiger charge is -2.42. The predicted octanol–water partition coefficient (Wildman–Crippen LogP) is 3.53. The van der Waals surface area contributed by atoms with Crippen molar-refractivity contribution in [2.24, 2.45) is 0 Å². The summed E-state index contributed by atoms with van der Waals surface area (Å²) in [6.07, 6.45) is 6.64. The molecule has 1 heterocycles. The van der Waals surface area contributed by atoms with Crippen molar-refractivity contribution < 1.29 is 0 Å². The number of fused-ring (bicyclic) bond motifs is 1. The number of likely N-dealkylation sites (tertiary alicyclic amines) is 1. The normalized spacial score (nSPS) is 30.4. The van der Waals surface area contributed by atoms with Crippen LogP contribution in [-0.2, 0) is 6.42 Å². The number of aryl methyl sites for hydroxylation is 1. The quantitative estimate of drug-likeness (QED) is 0.902. The molecule has 3 unspecified atom stereocenters. The minimum Gasteiger partial charge on any atom is -0.309 e. The van der Waals surface area contributed by atoms with Gasteiger partial charge >= 0.3 is 0 Å². The van der Waals surface area contributed by atoms with E-state index in [9.17, 15) is 0 Å².